The van der Waals surface area contributed by atoms with Crippen LogP contribution in [-0.4, -0.2) is 17.1 Å². The van der Waals surface area contributed by atoms with E-state index in [0.717, 1.165) is 11.1 Å². The zero-order valence-electron chi connectivity index (χ0n) is 15.6. The number of hydrogen-bond acceptors (Lipinski definition) is 5. The van der Waals surface area contributed by atoms with Gasteiger partial charge in [0.05, 0.1) is 18.0 Å². The molecule has 4 rings (SSSR count). The van der Waals surface area contributed by atoms with Gasteiger partial charge in [-0.2, -0.15) is 0 Å². The third-order valence-corrected chi connectivity index (χ3v) is 5.68. The lowest BCUT2D eigenvalue weighted by molar-refractivity contribution is 0.0466. The van der Waals surface area contributed by atoms with E-state index in [0.29, 0.717) is 32.8 Å². The fourth-order valence-corrected chi connectivity index (χ4v) is 4.37. The minimum atomic E-state index is -0.455. The molecule has 0 aliphatic carbocycles. The third-order valence-electron chi connectivity index (χ3n) is 4.51. The molecule has 0 aliphatic heterocycles. The maximum Gasteiger partial charge on any atom is 0.350 e. The Morgan fingerprint density at radius 1 is 1.07 bits per heavy atom. The molecule has 2 aromatic heterocycles. The molecule has 5 nitrogen and oxygen atoms in total. The number of fused-ring (bicyclic) bond motifs is 3. The predicted molar refractivity (Wildman–Crippen MR) is 114 cm³/mol. The van der Waals surface area contributed by atoms with Crippen molar-refractivity contribution in [3.63, 3.8) is 0 Å². The van der Waals surface area contributed by atoms with Crippen molar-refractivity contribution < 1.29 is 9.53 Å². The fourth-order valence-electron chi connectivity index (χ4n) is 3.22. The lowest BCUT2D eigenvalue weighted by Gasteiger charge is -2.10. The molecular formula is C22H20N2O3S. The van der Waals surface area contributed by atoms with Crippen molar-refractivity contribution in [2.24, 2.45) is 5.92 Å². The molecular weight excluding hydrogens is 372 g/mol. The van der Waals surface area contributed by atoms with Crippen LogP contribution >= 0.6 is 11.3 Å². The molecule has 6 heteroatoms. The van der Waals surface area contributed by atoms with Gasteiger partial charge in [0, 0.05) is 10.8 Å². The van der Waals surface area contributed by atoms with Gasteiger partial charge in [-0.05, 0) is 29.5 Å². The Labute approximate surface area is 166 Å². The summed E-state index contributed by atoms with van der Waals surface area (Å²) in [5, 5.41) is 2.01. The molecule has 28 heavy (non-hydrogen) atoms. The summed E-state index contributed by atoms with van der Waals surface area (Å²) < 4.78 is 7.01. The standard InChI is InChI=1S/C22H20N2O3S/c1-13(2)12-27-22(26)19-18(23)17-15-10-6-7-11-16(15)20(25)24(21(17)28-19)14-8-4-3-5-9-14/h3-11,13H,12,23H2,1-2H3. The fraction of sp³-hybridized carbons (Fsp3) is 0.182. The van der Waals surface area contributed by atoms with Gasteiger partial charge in [-0.3, -0.25) is 9.36 Å². The van der Waals surface area contributed by atoms with E-state index in [1.54, 1.807) is 10.6 Å². The van der Waals surface area contributed by atoms with Crippen LogP contribution in [0.25, 0.3) is 26.7 Å². The van der Waals surface area contributed by atoms with Crippen LogP contribution in [0.15, 0.2) is 59.4 Å². The number of anilines is 1. The van der Waals surface area contributed by atoms with Gasteiger partial charge in [0.15, 0.2) is 0 Å². The molecule has 2 heterocycles. The van der Waals surface area contributed by atoms with Crippen LogP contribution in [0.2, 0.25) is 0 Å². The van der Waals surface area contributed by atoms with Gasteiger partial charge in [0.1, 0.15) is 9.71 Å². The van der Waals surface area contributed by atoms with Crippen LogP contribution in [0.5, 0.6) is 0 Å². The highest BCUT2D eigenvalue weighted by Gasteiger charge is 2.23. The smallest absolute Gasteiger partial charge is 0.350 e. The first-order chi connectivity index (χ1) is 13.5. The average molecular weight is 392 g/mol. The molecule has 0 radical (unpaired) electrons. The van der Waals surface area contributed by atoms with Gasteiger partial charge >= 0.3 is 5.97 Å². The molecule has 0 amide bonds. The number of esters is 1. The zero-order chi connectivity index (χ0) is 19.8. The van der Waals surface area contributed by atoms with Gasteiger partial charge in [-0.1, -0.05) is 50.2 Å². The Bertz CT molecular complexity index is 1240. The van der Waals surface area contributed by atoms with Crippen molar-refractivity contribution >= 4 is 44.0 Å². The minimum Gasteiger partial charge on any atom is -0.461 e. The number of carbonyl (C=O) groups is 1. The van der Waals surface area contributed by atoms with Gasteiger partial charge in [0.25, 0.3) is 5.56 Å². The zero-order valence-corrected chi connectivity index (χ0v) is 16.5. The van der Waals surface area contributed by atoms with Crippen molar-refractivity contribution in [1.82, 2.24) is 4.57 Å². The maximum absolute atomic E-state index is 13.3. The highest BCUT2D eigenvalue weighted by Crippen LogP contribution is 2.38. The molecule has 2 N–H and O–H groups in total. The van der Waals surface area contributed by atoms with Crippen molar-refractivity contribution in [3.8, 4) is 5.69 Å². The number of nitrogens with two attached hydrogens (primary N) is 1. The third kappa shape index (κ3) is 2.96. The van der Waals surface area contributed by atoms with Crippen molar-refractivity contribution in [1.29, 1.82) is 0 Å². The average Bonchev–Trinajstić information content (AvgIpc) is 3.04. The van der Waals surface area contributed by atoms with Crippen LogP contribution in [0.3, 0.4) is 0 Å². The molecule has 4 aromatic rings. The van der Waals surface area contributed by atoms with E-state index in [9.17, 15) is 9.59 Å². The molecule has 142 valence electrons. The molecule has 0 atom stereocenters. The van der Waals surface area contributed by atoms with Crippen LogP contribution in [0.4, 0.5) is 5.69 Å². The molecule has 0 bridgehead atoms. The molecule has 0 spiro atoms. The summed E-state index contributed by atoms with van der Waals surface area (Å²) in [6.07, 6.45) is 0. The first kappa shape index (κ1) is 18.3. The summed E-state index contributed by atoms with van der Waals surface area (Å²) in [4.78, 5) is 26.9. The number of pyridine rings is 1. The highest BCUT2D eigenvalue weighted by molar-refractivity contribution is 7.21. The summed E-state index contributed by atoms with van der Waals surface area (Å²) in [6.45, 7) is 4.27. The Morgan fingerprint density at radius 3 is 2.39 bits per heavy atom. The Kier molecular flexibility index (Phi) is 4.65. The van der Waals surface area contributed by atoms with Gasteiger partial charge in [-0.25, -0.2) is 4.79 Å². The SMILES string of the molecule is CC(C)COC(=O)c1sc2c(c1N)c1ccccc1c(=O)n2-c1ccccc1. The molecule has 2 aromatic carbocycles. The molecule has 0 saturated carbocycles. The molecule has 0 fully saturated rings. The van der Waals surface area contributed by atoms with E-state index in [1.807, 2.05) is 62.4 Å². The Hall–Kier alpha value is -3.12. The molecule has 0 aliphatic rings. The number of hydrogen-bond donors (Lipinski definition) is 1. The lowest BCUT2D eigenvalue weighted by Crippen LogP contribution is -2.18. The van der Waals surface area contributed by atoms with Gasteiger partial charge < -0.3 is 10.5 Å². The van der Waals surface area contributed by atoms with Crippen molar-refractivity contribution in [2.75, 3.05) is 12.3 Å². The Morgan fingerprint density at radius 2 is 1.71 bits per heavy atom. The van der Waals surface area contributed by atoms with Crippen LogP contribution in [0, 0.1) is 5.92 Å². The number of nitrogen functional groups attached to an aromatic ring is 1. The summed E-state index contributed by atoms with van der Waals surface area (Å²) in [5.74, 6) is -0.230. The second kappa shape index (κ2) is 7.13. The van der Waals surface area contributed by atoms with E-state index in [1.165, 1.54) is 11.3 Å². The quantitative estimate of drug-likeness (QED) is 0.515. The summed E-state index contributed by atoms with van der Waals surface area (Å²) >= 11 is 1.20. The number of nitrogens with zero attached hydrogens (tertiary/aromatic N) is 1. The summed E-state index contributed by atoms with van der Waals surface area (Å²) in [5.41, 5.74) is 7.35. The number of carbonyl (C=O) groups excluding carboxylic acids is 1. The highest BCUT2D eigenvalue weighted by atomic mass is 32.1. The monoisotopic (exact) mass is 392 g/mol. The second-order valence-corrected chi connectivity index (χ2v) is 8.04. The van der Waals surface area contributed by atoms with Crippen molar-refractivity contribution in [3.05, 3.63) is 69.8 Å². The van der Waals surface area contributed by atoms with E-state index < -0.39 is 5.97 Å². The van der Waals surface area contributed by atoms with E-state index in [-0.39, 0.29) is 11.5 Å². The van der Waals surface area contributed by atoms with E-state index >= 15 is 0 Å². The maximum atomic E-state index is 13.3. The summed E-state index contributed by atoms with van der Waals surface area (Å²) in [7, 11) is 0. The lowest BCUT2D eigenvalue weighted by atomic mass is 10.1. The number of rotatable bonds is 4. The van der Waals surface area contributed by atoms with Crippen LogP contribution in [0.1, 0.15) is 23.5 Å². The number of aromatic nitrogens is 1. The van der Waals surface area contributed by atoms with Crippen LogP contribution in [-0.2, 0) is 4.74 Å². The minimum absolute atomic E-state index is 0.141. The van der Waals surface area contributed by atoms with Gasteiger partial charge in [-0.15, -0.1) is 11.3 Å². The van der Waals surface area contributed by atoms with Gasteiger partial charge in [0.2, 0.25) is 0 Å². The number of para-hydroxylation sites is 1. The largest absolute Gasteiger partial charge is 0.461 e. The topological polar surface area (TPSA) is 74.3 Å². The van der Waals surface area contributed by atoms with E-state index in [4.69, 9.17) is 10.5 Å². The first-order valence-corrected chi connectivity index (χ1v) is 9.89. The van der Waals surface area contributed by atoms with Crippen LogP contribution < -0.4 is 11.3 Å². The molecule has 0 saturated heterocycles. The number of thiophene rings is 1. The van der Waals surface area contributed by atoms with E-state index in [2.05, 4.69) is 0 Å². The Balaban J connectivity index is 2.06. The van der Waals surface area contributed by atoms with Crippen molar-refractivity contribution in [2.45, 2.75) is 13.8 Å². The number of ether oxygens (including phenoxy) is 1. The normalized spacial score (nSPS) is 11.4. The molecule has 0 unspecified atom stereocenters. The number of benzene rings is 2. The first-order valence-electron chi connectivity index (χ1n) is 9.07. The second-order valence-electron chi connectivity index (χ2n) is 7.04. The predicted octanol–water partition coefficient (Wildman–Crippen LogP) is 4.60. The summed E-state index contributed by atoms with van der Waals surface area (Å²) in [6, 6.07) is 16.7.